The van der Waals surface area contributed by atoms with E-state index in [-0.39, 0.29) is 39.0 Å². The topological polar surface area (TPSA) is 41.4 Å². The molecule has 0 bridgehead atoms. The van der Waals surface area contributed by atoms with Crippen LogP contribution in [-0.2, 0) is 71.8 Å². The van der Waals surface area contributed by atoms with Crippen molar-refractivity contribution in [2.45, 2.75) is 74.3 Å². The SMILES string of the molecule is CCc1[c-]n(CC)c(CC)c1CC.Cc1[c-]n(C)c(C)c1C.[Ru+2].[Ru+2].[c-]1ccc[nH]1.[c-]1ccc[nH]1. The summed E-state index contributed by atoms with van der Waals surface area (Å²) in [4.78, 5) is 5.47. The zero-order chi connectivity index (χ0) is 23.9. The van der Waals surface area contributed by atoms with Gasteiger partial charge in [-0.2, -0.15) is 58.9 Å². The van der Waals surface area contributed by atoms with Gasteiger partial charge in [0.25, 0.3) is 0 Å². The molecule has 0 saturated heterocycles. The number of nitrogens with zero attached hydrogens (tertiary/aromatic N) is 2. The second-order valence-corrected chi connectivity index (χ2v) is 7.46. The van der Waals surface area contributed by atoms with E-state index in [0.717, 1.165) is 25.8 Å². The summed E-state index contributed by atoms with van der Waals surface area (Å²) in [6.07, 6.45) is 19.2. The first kappa shape index (κ1) is 34.5. The molecule has 188 valence electrons. The second-order valence-electron chi connectivity index (χ2n) is 7.46. The van der Waals surface area contributed by atoms with Crippen LogP contribution in [0, 0.1) is 45.6 Å². The van der Waals surface area contributed by atoms with Gasteiger partial charge in [-0.25, -0.2) is 0 Å². The van der Waals surface area contributed by atoms with E-state index in [1.165, 1.54) is 33.6 Å². The summed E-state index contributed by atoms with van der Waals surface area (Å²) in [6, 6.07) is 7.42. The van der Waals surface area contributed by atoms with Crippen molar-refractivity contribution in [1.29, 1.82) is 0 Å². The van der Waals surface area contributed by atoms with E-state index in [1.807, 2.05) is 48.3 Å². The summed E-state index contributed by atoms with van der Waals surface area (Å²) in [6.45, 7) is 16.2. The summed E-state index contributed by atoms with van der Waals surface area (Å²) in [5, 5.41) is 0. The van der Waals surface area contributed by atoms with Gasteiger partial charge in [0.2, 0.25) is 0 Å². The van der Waals surface area contributed by atoms with Gasteiger partial charge in [-0.15, -0.1) is 36.2 Å². The molecule has 0 spiro atoms. The van der Waals surface area contributed by atoms with Crippen LogP contribution >= 0.6 is 0 Å². The summed E-state index contributed by atoms with van der Waals surface area (Å²) >= 11 is 0. The number of aromatic nitrogens is 4. The molecule has 4 aromatic rings. The fourth-order valence-electron chi connectivity index (χ4n) is 3.44. The molecule has 34 heavy (non-hydrogen) atoms. The normalized spacial score (nSPS) is 9.18. The van der Waals surface area contributed by atoms with Crippen molar-refractivity contribution in [3.8, 4) is 0 Å². The van der Waals surface area contributed by atoms with Crippen molar-refractivity contribution in [3.63, 3.8) is 0 Å². The smallest absolute Gasteiger partial charge is 0.484 e. The van der Waals surface area contributed by atoms with Crippen molar-refractivity contribution in [3.05, 3.63) is 95.1 Å². The predicted octanol–water partition coefficient (Wildman–Crippen LogP) is 6.37. The van der Waals surface area contributed by atoms with Crippen LogP contribution in [0.3, 0.4) is 0 Å². The molecule has 0 aliphatic rings. The Labute approximate surface area is 233 Å². The largest absolute Gasteiger partial charge is 2.00 e. The van der Waals surface area contributed by atoms with Gasteiger partial charge in [-0.3, -0.25) is 0 Å². The molecule has 6 heteroatoms. The number of hydrogen-bond acceptors (Lipinski definition) is 0. The van der Waals surface area contributed by atoms with Crippen LogP contribution in [0.4, 0.5) is 0 Å². The number of H-pyrrole nitrogens is 2. The Morgan fingerprint density at radius 3 is 1.56 bits per heavy atom. The number of aryl methyl sites for hydroxylation is 4. The van der Waals surface area contributed by atoms with Gasteiger partial charge >= 0.3 is 39.0 Å². The third-order valence-electron chi connectivity index (χ3n) is 5.50. The number of hydrogen-bond donors (Lipinski definition) is 2. The van der Waals surface area contributed by atoms with E-state index in [2.05, 4.69) is 87.8 Å². The Balaban J connectivity index is 0. The molecular weight excluding hydrogens is 594 g/mol. The van der Waals surface area contributed by atoms with Crippen LogP contribution in [0.5, 0.6) is 0 Å². The Morgan fingerprint density at radius 1 is 0.794 bits per heavy atom. The molecule has 4 nitrogen and oxygen atoms in total. The van der Waals surface area contributed by atoms with Gasteiger partial charge in [-0.1, -0.05) is 60.8 Å². The van der Waals surface area contributed by atoms with Crippen LogP contribution in [-0.4, -0.2) is 19.1 Å². The maximum Gasteiger partial charge on any atom is 2.00 e. The first-order valence-electron chi connectivity index (χ1n) is 11.5. The maximum atomic E-state index is 3.47. The average molecular weight is 635 g/mol. The summed E-state index contributed by atoms with van der Waals surface area (Å²) in [7, 11) is 2.02. The quantitative estimate of drug-likeness (QED) is 0.194. The van der Waals surface area contributed by atoms with Gasteiger partial charge in [0.05, 0.1) is 0 Å². The van der Waals surface area contributed by atoms with Crippen molar-refractivity contribution >= 4 is 0 Å². The summed E-state index contributed by atoms with van der Waals surface area (Å²) in [5.41, 5.74) is 8.37. The standard InChI is InChI=1S/C12H20N.C8H12N.2C4H4N.2Ru/c1-5-10-9-13(8-4)12(7-3)11(10)6-2;1-6-5-9(4)8(3)7(6)2;2*1-2-4-5-3-1;;/h5-8H2,1-4H3;1-4H3;2*1-3,5H;;/q4*-1;2*+2. The van der Waals surface area contributed by atoms with Crippen molar-refractivity contribution in [2.75, 3.05) is 0 Å². The van der Waals surface area contributed by atoms with Gasteiger partial charge in [-0.05, 0) is 20.5 Å². The molecule has 4 aromatic heterocycles. The molecule has 0 radical (unpaired) electrons. The molecule has 0 unspecified atom stereocenters. The summed E-state index contributed by atoms with van der Waals surface area (Å²) in [5.74, 6) is 0. The van der Waals surface area contributed by atoms with Gasteiger partial charge in [0.15, 0.2) is 0 Å². The molecule has 4 heterocycles. The van der Waals surface area contributed by atoms with E-state index < -0.39 is 0 Å². The molecule has 0 aliphatic carbocycles. The zero-order valence-electron chi connectivity index (χ0n) is 21.9. The Morgan fingerprint density at radius 2 is 1.35 bits per heavy atom. The Kier molecular flexibility index (Phi) is 20.0. The molecule has 4 rings (SSSR count). The number of aromatic amines is 2. The van der Waals surface area contributed by atoms with Gasteiger partial charge in [0.1, 0.15) is 0 Å². The molecule has 0 aromatic carbocycles. The average Bonchev–Trinajstić information content (AvgIpc) is 3.62. The predicted molar refractivity (Wildman–Crippen MR) is 135 cm³/mol. The van der Waals surface area contributed by atoms with E-state index in [1.54, 1.807) is 0 Å². The second kappa shape index (κ2) is 19.6. The maximum absolute atomic E-state index is 3.47. The van der Waals surface area contributed by atoms with E-state index in [4.69, 9.17) is 0 Å². The first-order valence-corrected chi connectivity index (χ1v) is 11.5. The van der Waals surface area contributed by atoms with Crippen LogP contribution in [0.25, 0.3) is 0 Å². The fraction of sp³-hybridized carbons (Fsp3) is 0.429. The number of rotatable bonds is 4. The monoisotopic (exact) mass is 636 g/mol. The van der Waals surface area contributed by atoms with Gasteiger partial charge in [0, 0.05) is 0 Å². The molecule has 0 atom stereocenters. The summed E-state index contributed by atoms with van der Waals surface area (Å²) < 4.78 is 4.31. The molecular formula is C28H40N4Ru2. The fourth-order valence-corrected chi connectivity index (χ4v) is 3.44. The van der Waals surface area contributed by atoms with E-state index in [9.17, 15) is 0 Å². The van der Waals surface area contributed by atoms with E-state index in [0.29, 0.717) is 0 Å². The molecule has 0 aliphatic heterocycles. The van der Waals surface area contributed by atoms with Crippen molar-refractivity contribution in [1.82, 2.24) is 19.1 Å². The first-order chi connectivity index (χ1) is 15.4. The van der Waals surface area contributed by atoms with Crippen LogP contribution in [0.2, 0.25) is 0 Å². The minimum Gasteiger partial charge on any atom is -0.484 e. The Bertz CT molecular complexity index is 855. The molecule has 0 amide bonds. The Hall–Kier alpha value is -1.63. The molecule has 0 saturated carbocycles. The van der Waals surface area contributed by atoms with E-state index >= 15 is 0 Å². The van der Waals surface area contributed by atoms with Crippen molar-refractivity contribution < 1.29 is 39.0 Å². The molecule has 2 N–H and O–H groups in total. The number of nitrogens with one attached hydrogen (secondary N) is 2. The zero-order valence-corrected chi connectivity index (χ0v) is 25.4. The third-order valence-corrected chi connectivity index (χ3v) is 5.50. The molecule has 0 fully saturated rings. The van der Waals surface area contributed by atoms with Gasteiger partial charge < -0.3 is 19.1 Å². The minimum atomic E-state index is 0. The van der Waals surface area contributed by atoms with Crippen LogP contribution in [0.15, 0.2) is 36.7 Å². The van der Waals surface area contributed by atoms with Crippen LogP contribution in [0.1, 0.15) is 61.3 Å². The minimum absolute atomic E-state index is 0. The third kappa shape index (κ3) is 11.2. The van der Waals surface area contributed by atoms with Crippen molar-refractivity contribution in [2.24, 2.45) is 7.05 Å². The van der Waals surface area contributed by atoms with Crippen LogP contribution < -0.4 is 0 Å².